The molecule has 0 spiro atoms. The monoisotopic (exact) mass is 253 g/mol. The van der Waals surface area contributed by atoms with E-state index in [2.05, 4.69) is 37.4 Å². The van der Waals surface area contributed by atoms with Crippen LogP contribution in [0.5, 0.6) is 0 Å². The van der Waals surface area contributed by atoms with Crippen LogP contribution < -0.4 is 5.32 Å². The van der Waals surface area contributed by atoms with Gasteiger partial charge >= 0.3 is 0 Å². The van der Waals surface area contributed by atoms with Crippen LogP contribution in [-0.2, 0) is 6.54 Å². The summed E-state index contributed by atoms with van der Waals surface area (Å²) in [6.07, 6.45) is 4.95. The van der Waals surface area contributed by atoms with Crippen molar-refractivity contribution in [2.45, 2.75) is 46.1 Å². The van der Waals surface area contributed by atoms with E-state index in [-0.39, 0.29) is 0 Å². The fourth-order valence-corrected chi connectivity index (χ4v) is 2.23. The molecule has 0 atom stereocenters. The summed E-state index contributed by atoms with van der Waals surface area (Å²) in [6, 6.07) is 6.50. The van der Waals surface area contributed by atoms with E-state index in [0.717, 1.165) is 25.4 Å². The van der Waals surface area contributed by atoms with Gasteiger partial charge in [-0.3, -0.25) is 0 Å². The standard InChI is InChI=1S/C15H24ClN/c1-13-8-7-9-14(2)15(13)12-17-11-6-4-3-5-10-16/h7-9,17H,3-6,10-12H2,1-2H3. The fraction of sp³-hybridized carbons (Fsp3) is 0.600. The zero-order valence-corrected chi connectivity index (χ0v) is 11.8. The van der Waals surface area contributed by atoms with Crippen molar-refractivity contribution < 1.29 is 0 Å². The van der Waals surface area contributed by atoms with E-state index >= 15 is 0 Å². The van der Waals surface area contributed by atoms with Crippen LogP contribution in [0.4, 0.5) is 0 Å². The Bertz CT molecular complexity index is 302. The molecule has 0 heterocycles. The molecule has 0 aliphatic rings. The summed E-state index contributed by atoms with van der Waals surface area (Å²) in [6.45, 7) is 6.47. The van der Waals surface area contributed by atoms with Crippen LogP contribution in [0.3, 0.4) is 0 Å². The minimum Gasteiger partial charge on any atom is -0.313 e. The van der Waals surface area contributed by atoms with Crippen LogP contribution in [0, 0.1) is 13.8 Å². The molecule has 0 aliphatic carbocycles. The number of unbranched alkanes of at least 4 members (excludes halogenated alkanes) is 3. The summed E-state index contributed by atoms with van der Waals surface area (Å²) in [7, 11) is 0. The molecule has 0 unspecified atom stereocenters. The minimum absolute atomic E-state index is 0.801. The minimum atomic E-state index is 0.801. The van der Waals surface area contributed by atoms with Gasteiger partial charge in [0.1, 0.15) is 0 Å². The van der Waals surface area contributed by atoms with E-state index in [9.17, 15) is 0 Å². The number of benzene rings is 1. The van der Waals surface area contributed by atoms with Gasteiger partial charge in [-0.2, -0.15) is 0 Å². The summed E-state index contributed by atoms with van der Waals surface area (Å²) >= 11 is 5.64. The molecule has 1 aromatic rings. The van der Waals surface area contributed by atoms with Gasteiger partial charge in [-0.15, -0.1) is 11.6 Å². The number of hydrogen-bond acceptors (Lipinski definition) is 1. The van der Waals surface area contributed by atoms with Gasteiger partial charge in [0.25, 0.3) is 0 Å². The predicted octanol–water partition coefficient (Wildman–Crippen LogP) is 4.19. The molecular formula is C15H24ClN. The van der Waals surface area contributed by atoms with Gasteiger partial charge < -0.3 is 5.32 Å². The molecular weight excluding hydrogens is 230 g/mol. The highest BCUT2D eigenvalue weighted by Crippen LogP contribution is 2.12. The molecule has 1 N–H and O–H groups in total. The van der Waals surface area contributed by atoms with Gasteiger partial charge in [0.15, 0.2) is 0 Å². The third-order valence-electron chi connectivity index (χ3n) is 3.18. The van der Waals surface area contributed by atoms with Crippen molar-refractivity contribution in [2.24, 2.45) is 0 Å². The SMILES string of the molecule is Cc1cccc(C)c1CNCCCCCCCl. The second-order valence-electron chi connectivity index (χ2n) is 4.65. The van der Waals surface area contributed by atoms with E-state index in [1.54, 1.807) is 0 Å². The van der Waals surface area contributed by atoms with Crippen LogP contribution >= 0.6 is 11.6 Å². The summed E-state index contributed by atoms with van der Waals surface area (Å²) < 4.78 is 0. The number of aryl methyl sites for hydroxylation is 2. The molecule has 0 amide bonds. The molecule has 17 heavy (non-hydrogen) atoms. The maximum atomic E-state index is 5.64. The second-order valence-corrected chi connectivity index (χ2v) is 5.03. The van der Waals surface area contributed by atoms with Crippen molar-refractivity contribution in [3.05, 3.63) is 34.9 Å². The first-order valence-electron chi connectivity index (χ1n) is 6.57. The zero-order valence-electron chi connectivity index (χ0n) is 11.1. The number of hydrogen-bond donors (Lipinski definition) is 1. The highest BCUT2D eigenvalue weighted by Gasteiger charge is 2.00. The Labute approximate surface area is 111 Å². The molecule has 0 aromatic heterocycles. The largest absolute Gasteiger partial charge is 0.313 e. The normalized spacial score (nSPS) is 10.8. The topological polar surface area (TPSA) is 12.0 Å². The molecule has 0 radical (unpaired) electrons. The van der Waals surface area contributed by atoms with Crippen LogP contribution in [0.2, 0.25) is 0 Å². The molecule has 1 aromatic carbocycles. The Balaban J connectivity index is 2.18. The summed E-state index contributed by atoms with van der Waals surface area (Å²) in [5.41, 5.74) is 4.23. The van der Waals surface area contributed by atoms with Gasteiger partial charge in [-0.25, -0.2) is 0 Å². The Hall–Kier alpha value is -0.530. The molecule has 2 heteroatoms. The smallest absolute Gasteiger partial charge is 0.0223 e. The third-order valence-corrected chi connectivity index (χ3v) is 3.45. The third kappa shape index (κ3) is 5.56. The van der Waals surface area contributed by atoms with Crippen molar-refractivity contribution in [1.82, 2.24) is 5.32 Å². The maximum absolute atomic E-state index is 5.64. The maximum Gasteiger partial charge on any atom is 0.0223 e. The average molecular weight is 254 g/mol. The number of alkyl halides is 1. The summed E-state index contributed by atoms with van der Waals surface area (Å²) in [5, 5.41) is 3.53. The van der Waals surface area contributed by atoms with E-state index < -0.39 is 0 Å². The van der Waals surface area contributed by atoms with Crippen molar-refractivity contribution in [3.8, 4) is 0 Å². The Morgan fingerprint density at radius 3 is 2.29 bits per heavy atom. The van der Waals surface area contributed by atoms with Crippen LogP contribution in [-0.4, -0.2) is 12.4 Å². The molecule has 0 bridgehead atoms. The lowest BCUT2D eigenvalue weighted by molar-refractivity contribution is 0.597. The highest BCUT2D eigenvalue weighted by atomic mass is 35.5. The zero-order chi connectivity index (χ0) is 12.5. The Morgan fingerprint density at radius 1 is 1.00 bits per heavy atom. The number of halogens is 1. The van der Waals surface area contributed by atoms with Crippen LogP contribution in [0.1, 0.15) is 42.4 Å². The van der Waals surface area contributed by atoms with E-state index in [1.165, 1.54) is 36.0 Å². The van der Waals surface area contributed by atoms with Gasteiger partial charge in [-0.05, 0) is 49.9 Å². The average Bonchev–Trinajstić information content (AvgIpc) is 2.31. The van der Waals surface area contributed by atoms with Crippen LogP contribution in [0.25, 0.3) is 0 Å². The number of nitrogens with one attached hydrogen (secondary N) is 1. The molecule has 96 valence electrons. The summed E-state index contributed by atoms with van der Waals surface area (Å²) in [5.74, 6) is 0.801. The molecule has 0 saturated heterocycles. The van der Waals surface area contributed by atoms with Gasteiger partial charge in [0, 0.05) is 12.4 Å². The van der Waals surface area contributed by atoms with Crippen LogP contribution in [0.15, 0.2) is 18.2 Å². The van der Waals surface area contributed by atoms with Gasteiger partial charge in [0.2, 0.25) is 0 Å². The van der Waals surface area contributed by atoms with Crippen molar-refractivity contribution in [2.75, 3.05) is 12.4 Å². The first kappa shape index (κ1) is 14.5. The molecule has 1 nitrogen and oxygen atoms in total. The quantitative estimate of drug-likeness (QED) is 0.541. The lowest BCUT2D eigenvalue weighted by Crippen LogP contribution is -2.16. The van der Waals surface area contributed by atoms with Crippen molar-refractivity contribution >= 4 is 11.6 Å². The summed E-state index contributed by atoms with van der Waals surface area (Å²) in [4.78, 5) is 0. The fourth-order valence-electron chi connectivity index (χ4n) is 2.04. The van der Waals surface area contributed by atoms with E-state index in [0.29, 0.717) is 0 Å². The predicted molar refractivity (Wildman–Crippen MR) is 76.8 cm³/mol. The van der Waals surface area contributed by atoms with E-state index in [1.807, 2.05) is 0 Å². The molecule has 0 fully saturated rings. The lowest BCUT2D eigenvalue weighted by atomic mass is 10.0. The van der Waals surface area contributed by atoms with Crippen molar-refractivity contribution in [1.29, 1.82) is 0 Å². The first-order valence-corrected chi connectivity index (χ1v) is 7.11. The van der Waals surface area contributed by atoms with Gasteiger partial charge in [0.05, 0.1) is 0 Å². The number of rotatable bonds is 8. The van der Waals surface area contributed by atoms with Gasteiger partial charge in [-0.1, -0.05) is 31.0 Å². The highest BCUT2D eigenvalue weighted by molar-refractivity contribution is 6.17. The van der Waals surface area contributed by atoms with Crippen molar-refractivity contribution in [3.63, 3.8) is 0 Å². The first-order chi connectivity index (χ1) is 8.25. The molecule has 1 rings (SSSR count). The lowest BCUT2D eigenvalue weighted by Gasteiger charge is -2.10. The van der Waals surface area contributed by atoms with E-state index in [4.69, 9.17) is 11.6 Å². The molecule has 0 saturated carbocycles. The Morgan fingerprint density at radius 2 is 1.65 bits per heavy atom. The Kier molecular flexibility index (Phi) is 7.30. The molecule has 0 aliphatic heterocycles. The second kappa shape index (κ2) is 8.54.